The number of ether oxygens (including phenoxy) is 1. The SMILES string of the molecule is COc1cccc(C(C)NCc2ccc(C3CC3C)o2)c1. The summed E-state index contributed by atoms with van der Waals surface area (Å²) in [7, 11) is 1.69. The molecule has 1 aliphatic rings. The molecule has 112 valence electrons. The van der Waals surface area contributed by atoms with Crippen LogP contribution in [0, 0.1) is 5.92 Å². The summed E-state index contributed by atoms with van der Waals surface area (Å²) >= 11 is 0. The van der Waals surface area contributed by atoms with Gasteiger partial charge in [-0.15, -0.1) is 0 Å². The molecule has 0 radical (unpaired) electrons. The van der Waals surface area contributed by atoms with Crippen LogP contribution in [0.2, 0.25) is 0 Å². The summed E-state index contributed by atoms with van der Waals surface area (Å²) in [5, 5.41) is 3.50. The van der Waals surface area contributed by atoms with Gasteiger partial charge in [-0.3, -0.25) is 0 Å². The fourth-order valence-electron chi connectivity index (χ4n) is 2.69. The number of hydrogen-bond acceptors (Lipinski definition) is 3. The van der Waals surface area contributed by atoms with Crippen LogP contribution in [0.5, 0.6) is 5.75 Å². The standard InChI is InChI=1S/C18H23NO2/c1-12-9-17(12)18-8-7-16(21-18)11-19-13(2)14-5-4-6-15(10-14)20-3/h4-8,10,12-13,17,19H,9,11H2,1-3H3. The quantitative estimate of drug-likeness (QED) is 0.861. The van der Waals surface area contributed by atoms with Crippen LogP contribution in [0.25, 0.3) is 0 Å². The first-order chi connectivity index (χ1) is 10.2. The minimum atomic E-state index is 0.258. The van der Waals surface area contributed by atoms with E-state index in [1.54, 1.807) is 7.11 Å². The van der Waals surface area contributed by atoms with Gasteiger partial charge in [0.2, 0.25) is 0 Å². The molecule has 2 aromatic rings. The Hall–Kier alpha value is -1.74. The molecule has 0 aliphatic heterocycles. The van der Waals surface area contributed by atoms with Gasteiger partial charge in [-0.1, -0.05) is 19.1 Å². The molecule has 1 aromatic heterocycles. The summed E-state index contributed by atoms with van der Waals surface area (Å²) in [6.07, 6.45) is 1.26. The van der Waals surface area contributed by atoms with E-state index in [4.69, 9.17) is 9.15 Å². The molecule has 0 amide bonds. The van der Waals surface area contributed by atoms with Crippen molar-refractivity contribution in [3.05, 3.63) is 53.5 Å². The van der Waals surface area contributed by atoms with Gasteiger partial charge in [-0.25, -0.2) is 0 Å². The Labute approximate surface area is 126 Å². The summed E-state index contributed by atoms with van der Waals surface area (Å²) < 4.78 is 11.2. The average molecular weight is 285 g/mol. The lowest BCUT2D eigenvalue weighted by molar-refractivity contribution is 0.411. The zero-order valence-electron chi connectivity index (χ0n) is 12.9. The Morgan fingerprint density at radius 1 is 1.33 bits per heavy atom. The average Bonchev–Trinajstić information content (AvgIpc) is 3.06. The van der Waals surface area contributed by atoms with Gasteiger partial charge < -0.3 is 14.5 Å². The molecule has 3 rings (SSSR count). The second kappa shape index (κ2) is 5.94. The summed E-state index contributed by atoms with van der Waals surface area (Å²) in [6.45, 7) is 5.18. The van der Waals surface area contributed by atoms with Crippen LogP contribution >= 0.6 is 0 Å². The number of methoxy groups -OCH3 is 1. The Balaban J connectivity index is 1.57. The van der Waals surface area contributed by atoms with Gasteiger partial charge in [-0.2, -0.15) is 0 Å². The highest BCUT2D eigenvalue weighted by atomic mass is 16.5. The maximum atomic E-state index is 5.92. The van der Waals surface area contributed by atoms with E-state index in [0.717, 1.165) is 29.7 Å². The van der Waals surface area contributed by atoms with Crippen LogP contribution in [0.4, 0.5) is 0 Å². The fraction of sp³-hybridized carbons (Fsp3) is 0.444. The summed E-state index contributed by atoms with van der Waals surface area (Å²) in [4.78, 5) is 0. The molecule has 1 aromatic carbocycles. The van der Waals surface area contributed by atoms with E-state index in [-0.39, 0.29) is 6.04 Å². The van der Waals surface area contributed by atoms with Crippen LogP contribution in [0.1, 0.15) is 49.3 Å². The maximum Gasteiger partial charge on any atom is 0.119 e. The van der Waals surface area contributed by atoms with E-state index < -0.39 is 0 Å². The molecular formula is C18H23NO2. The molecule has 1 fully saturated rings. The first-order valence-corrected chi connectivity index (χ1v) is 7.63. The highest BCUT2D eigenvalue weighted by molar-refractivity contribution is 5.30. The maximum absolute atomic E-state index is 5.92. The first kappa shape index (κ1) is 14.2. The Kier molecular flexibility index (Phi) is 4.02. The minimum absolute atomic E-state index is 0.258. The molecule has 1 saturated carbocycles. The van der Waals surface area contributed by atoms with E-state index in [1.165, 1.54) is 12.0 Å². The molecule has 0 saturated heterocycles. The molecule has 0 spiro atoms. The second-order valence-corrected chi connectivity index (χ2v) is 6.00. The fourth-order valence-corrected chi connectivity index (χ4v) is 2.69. The van der Waals surface area contributed by atoms with E-state index in [9.17, 15) is 0 Å². The van der Waals surface area contributed by atoms with Crippen molar-refractivity contribution in [1.29, 1.82) is 0 Å². The van der Waals surface area contributed by atoms with E-state index >= 15 is 0 Å². The Morgan fingerprint density at radius 3 is 2.86 bits per heavy atom. The van der Waals surface area contributed by atoms with Crippen molar-refractivity contribution < 1.29 is 9.15 Å². The van der Waals surface area contributed by atoms with Crippen molar-refractivity contribution in [1.82, 2.24) is 5.32 Å². The number of nitrogens with one attached hydrogen (secondary N) is 1. The molecule has 3 nitrogen and oxygen atoms in total. The van der Waals surface area contributed by atoms with Crippen LogP contribution in [-0.2, 0) is 6.54 Å². The molecule has 3 unspecified atom stereocenters. The highest BCUT2D eigenvalue weighted by Crippen LogP contribution is 2.47. The molecule has 21 heavy (non-hydrogen) atoms. The normalized spacial score (nSPS) is 22.0. The third-order valence-electron chi connectivity index (χ3n) is 4.33. The smallest absolute Gasteiger partial charge is 0.119 e. The minimum Gasteiger partial charge on any atom is -0.497 e. The predicted molar refractivity (Wildman–Crippen MR) is 83.5 cm³/mol. The second-order valence-electron chi connectivity index (χ2n) is 6.00. The Bertz CT molecular complexity index is 605. The van der Waals surface area contributed by atoms with Gasteiger partial charge in [-0.05, 0) is 49.1 Å². The zero-order chi connectivity index (χ0) is 14.8. The van der Waals surface area contributed by atoms with Gasteiger partial charge in [0.05, 0.1) is 13.7 Å². The first-order valence-electron chi connectivity index (χ1n) is 7.63. The Morgan fingerprint density at radius 2 is 2.14 bits per heavy atom. The van der Waals surface area contributed by atoms with Crippen molar-refractivity contribution in [3.8, 4) is 5.75 Å². The molecule has 0 bridgehead atoms. The molecule has 3 atom stereocenters. The van der Waals surface area contributed by atoms with Crippen molar-refractivity contribution in [2.75, 3.05) is 7.11 Å². The third-order valence-corrected chi connectivity index (χ3v) is 4.33. The van der Waals surface area contributed by atoms with Crippen molar-refractivity contribution in [3.63, 3.8) is 0 Å². The lowest BCUT2D eigenvalue weighted by Gasteiger charge is -2.14. The van der Waals surface area contributed by atoms with E-state index in [1.807, 2.05) is 12.1 Å². The van der Waals surface area contributed by atoms with Gasteiger partial charge in [0.15, 0.2) is 0 Å². The topological polar surface area (TPSA) is 34.4 Å². The van der Waals surface area contributed by atoms with Gasteiger partial charge in [0, 0.05) is 12.0 Å². The van der Waals surface area contributed by atoms with E-state index in [2.05, 4.69) is 43.4 Å². The largest absolute Gasteiger partial charge is 0.497 e. The van der Waals surface area contributed by atoms with Gasteiger partial charge >= 0.3 is 0 Å². The summed E-state index contributed by atoms with van der Waals surface area (Å²) in [6, 6.07) is 12.6. The van der Waals surface area contributed by atoms with E-state index in [0.29, 0.717) is 5.92 Å². The van der Waals surface area contributed by atoms with Gasteiger partial charge in [0.25, 0.3) is 0 Å². The molecule has 1 N–H and O–H groups in total. The zero-order valence-corrected chi connectivity index (χ0v) is 12.9. The number of rotatable bonds is 6. The number of furan rings is 1. The molecule has 1 aliphatic carbocycles. The van der Waals surface area contributed by atoms with Crippen molar-refractivity contribution in [2.45, 2.75) is 38.8 Å². The summed E-state index contributed by atoms with van der Waals surface area (Å²) in [5.41, 5.74) is 1.22. The van der Waals surface area contributed by atoms with Crippen molar-refractivity contribution in [2.24, 2.45) is 5.92 Å². The van der Waals surface area contributed by atoms with Crippen LogP contribution in [0.15, 0.2) is 40.8 Å². The lowest BCUT2D eigenvalue weighted by Crippen LogP contribution is -2.17. The predicted octanol–water partition coefficient (Wildman–Crippen LogP) is 4.26. The monoisotopic (exact) mass is 285 g/mol. The van der Waals surface area contributed by atoms with Crippen LogP contribution in [0.3, 0.4) is 0 Å². The number of hydrogen-bond donors (Lipinski definition) is 1. The highest BCUT2D eigenvalue weighted by Gasteiger charge is 2.36. The van der Waals surface area contributed by atoms with Crippen LogP contribution in [-0.4, -0.2) is 7.11 Å². The lowest BCUT2D eigenvalue weighted by atomic mass is 10.1. The molecule has 3 heteroatoms. The molecule has 1 heterocycles. The molecular weight excluding hydrogens is 262 g/mol. The number of benzene rings is 1. The summed E-state index contributed by atoms with van der Waals surface area (Å²) in [5.74, 6) is 4.48. The third kappa shape index (κ3) is 3.30. The van der Waals surface area contributed by atoms with Crippen molar-refractivity contribution >= 4 is 0 Å². The van der Waals surface area contributed by atoms with Crippen LogP contribution < -0.4 is 10.1 Å². The van der Waals surface area contributed by atoms with Gasteiger partial charge in [0.1, 0.15) is 17.3 Å².